The van der Waals surface area contributed by atoms with E-state index in [9.17, 15) is 8.42 Å². The normalized spacial score (nSPS) is 13.9. The standard InChI is InChI=1S/C14H24N4O2S/c1-16-21(19,20)11-12-7-4-5-8-13(12)14(18(2)3)9-6-10-17-15/h4-5,7-8,10,14,16H,6,9,11,15H2,1-3H3. The van der Waals surface area contributed by atoms with Crippen LogP contribution in [-0.4, -0.2) is 40.7 Å². The van der Waals surface area contributed by atoms with Crippen LogP contribution in [0.1, 0.15) is 30.0 Å². The van der Waals surface area contributed by atoms with Gasteiger partial charge in [0, 0.05) is 12.3 Å². The maximum atomic E-state index is 11.8. The van der Waals surface area contributed by atoms with E-state index in [-0.39, 0.29) is 11.8 Å². The van der Waals surface area contributed by atoms with Crippen molar-refractivity contribution in [2.75, 3.05) is 21.1 Å². The molecule has 6 nitrogen and oxygen atoms in total. The molecule has 0 amide bonds. The molecule has 1 aromatic carbocycles. The number of nitrogens with zero attached hydrogens (tertiary/aromatic N) is 2. The Morgan fingerprint density at radius 3 is 2.62 bits per heavy atom. The zero-order chi connectivity index (χ0) is 15.9. The number of benzene rings is 1. The molecule has 0 aliphatic heterocycles. The fraction of sp³-hybridized carbons (Fsp3) is 0.500. The third-order valence-corrected chi connectivity index (χ3v) is 4.68. The number of sulfonamides is 1. The van der Waals surface area contributed by atoms with E-state index in [2.05, 4.69) is 14.7 Å². The van der Waals surface area contributed by atoms with Gasteiger partial charge in [0.25, 0.3) is 0 Å². The fourth-order valence-electron chi connectivity index (χ4n) is 2.27. The molecule has 7 heteroatoms. The van der Waals surface area contributed by atoms with Crippen LogP contribution in [-0.2, 0) is 15.8 Å². The number of rotatable bonds is 8. The van der Waals surface area contributed by atoms with Gasteiger partial charge in [-0.15, -0.1) is 0 Å². The number of hydrogen-bond acceptors (Lipinski definition) is 5. The van der Waals surface area contributed by atoms with E-state index >= 15 is 0 Å². The van der Waals surface area contributed by atoms with Crippen LogP contribution in [0.25, 0.3) is 0 Å². The van der Waals surface area contributed by atoms with Crippen molar-refractivity contribution in [3.63, 3.8) is 0 Å². The minimum absolute atomic E-state index is 0.0189. The van der Waals surface area contributed by atoms with Crippen molar-refractivity contribution in [3.8, 4) is 0 Å². The molecule has 0 radical (unpaired) electrons. The Morgan fingerprint density at radius 1 is 1.38 bits per heavy atom. The molecule has 21 heavy (non-hydrogen) atoms. The Kier molecular flexibility index (Phi) is 6.80. The number of nitrogens with one attached hydrogen (secondary N) is 1. The summed E-state index contributed by atoms with van der Waals surface area (Å²) in [5.41, 5.74) is 1.84. The minimum Gasteiger partial charge on any atom is -0.324 e. The molecule has 1 aromatic rings. The molecule has 0 aliphatic rings. The number of hydrogen-bond donors (Lipinski definition) is 2. The van der Waals surface area contributed by atoms with Gasteiger partial charge in [-0.25, -0.2) is 13.1 Å². The van der Waals surface area contributed by atoms with Gasteiger partial charge in [0.15, 0.2) is 0 Å². The van der Waals surface area contributed by atoms with Crippen molar-refractivity contribution >= 4 is 16.2 Å². The molecular formula is C14H24N4O2S. The molecular weight excluding hydrogens is 288 g/mol. The molecule has 0 heterocycles. The second-order valence-electron chi connectivity index (χ2n) is 5.05. The second-order valence-corrected chi connectivity index (χ2v) is 6.98. The first-order chi connectivity index (χ1) is 9.91. The Hall–Kier alpha value is -1.44. The first-order valence-corrected chi connectivity index (χ1v) is 8.43. The summed E-state index contributed by atoms with van der Waals surface area (Å²) in [5, 5.41) is 3.51. The van der Waals surface area contributed by atoms with Gasteiger partial charge in [-0.2, -0.15) is 5.10 Å². The summed E-state index contributed by atoms with van der Waals surface area (Å²) < 4.78 is 26.0. The largest absolute Gasteiger partial charge is 0.324 e. The van der Waals surface area contributed by atoms with Crippen LogP contribution in [0.4, 0.5) is 0 Å². The highest BCUT2D eigenvalue weighted by Crippen LogP contribution is 2.27. The molecule has 0 aliphatic carbocycles. The number of nitrogens with two attached hydrogens (primary N) is 1. The highest BCUT2D eigenvalue weighted by Gasteiger charge is 2.19. The first-order valence-electron chi connectivity index (χ1n) is 6.78. The SMILES string of the molecule is CNS(=O)(=O)Cc1ccccc1C(CCC=NN)N(C)C. The van der Waals surface area contributed by atoms with Gasteiger partial charge in [-0.3, -0.25) is 0 Å². The van der Waals surface area contributed by atoms with Crippen LogP contribution < -0.4 is 10.6 Å². The molecule has 1 rings (SSSR count). The van der Waals surface area contributed by atoms with Crippen molar-refractivity contribution in [1.29, 1.82) is 0 Å². The van der Waals surface area contributed by atoms with Gasteiger partial charge in [-0.05, 0) is 45.1 Å². The predicted octanol–water partition coefficient (Wildman–Crippen LogP) is 1.06. The van der Waals surface area contributed by atoms with E-state index in [1.54, 1.807) is 6.21 Å². The Balaban J connectivity index is 3.08. The van der Waals surface area contributed by atoms with Crippen LogP contribution in [0.15, 0.2) is 29.4 Å². The smallest absolute Gasteiger partial charge is 0.215 e. The lowest BCUT2D eigenvalue weighted by Crippen LogP contribution is -2.24. The maximum Gasteiger partial charge on any atom is 0.215 e. The molecule has 0 saturated heterocycles. The van der Waals surface area contributed by atoms with E-state index < -0.39 is 10.0 Å². The summed E-state index contributed by atoms with van der Waals surface area (Å²) in [4.78, 5) is 2.08. The van der Waals surface area contributed by atoms with Crippen LogP contribution in [0, 0.1) is 0 Å². The quantitative estimate of drug-likeness (QED) is 0.427. The van der Waals surface area contributed by atoms with E-state index in [0.29, 0.717) is 0 Å². The lowest BCUT2D eigenvalue weighted by Gasteiger charge is -2.26. The molecule has 1 unspecified atom stereocenters. The van der Waals surface area contributed by atoms with E-state index in [4.69, 9.17) is 5.84 Å². The summed E-state index contributed by atoms with van der Waals surface area (Å²) in [6, 6.07) is 7.74. The van der Waals surface area contributed by atoms with Crippen LogP contribution in [0.3, 0.4) is 0 Å². The Labute approximate surface area is 127 Å². The molecule has 0 fully saturated rings. The van der Waals surface area contributed by atoms with Gasteiger partial charge in [0.2, 0.25) is 10.0 Å². The topological polar surface area (TPSA) is 87.8 Å². The molecule has 118 valence electrons. The monoisotopic (exact) mass is 312 g/mol. The summed E-state index contributed by atoms with van der Waals surface area (Å²) >= 11 is 0. The van der Waals surface area contributed by atoms with Crippen molar-refractivity contribution in [2.24, 2.45) is 10.9 Å². The molecule has 0 spiro atoms. The highest BCUT2D eigenvalue weighted by atomic mass is 32.2. The van der Waals surface area contributed by atoms with E-state index in [1.165, 1.54) is 7.05 Å². The van der Waals surface area contributed by atoms with Crippen molar-refractivity contribution in [2.45, 2.75) is 24.6 Å². The maximum absolute atomic E-state index is 11.8. The van der Waals surface area contributed by atoms with Gasteiger partial charge in [0.05, 0.1) is 5.75 Å². The van der Waals surface area contributed by atoms with Crippen LogP contribution in [0.2, 0.25) is 0 Å². The second kappa shape index (κ2) is 8.11. The van der Waals surface area contributed by atoms with Gasteiger partial charge < -0.3 is 10.7 Å². The van der Waals surface area contributed by atoms with Crippen LogP contribution in [0.5, 0.6) is 0 Å². The molecule has 0 saturated carbocycles. The fourth-order valence-corrected chi connectivity index (χ4v) is 3.08. The highest BCUT2D eigenvalue weighted by molar-refractivity contribution is 7.88. The summed E-state index contributed by atoms with van der Waals surface area (Å²) in [5.74, 6) is 5.11. The zero-order valence-corrected chi connectivity index (χ0v) is 13.6. The van der Waals surface area contributed by atoms with E-state index in [0.717, 1.165) is 24.0 Å². The first kappa shape index (κ1) is 17.6. The van der Waals surface area contributed by atoms with E-state index in [1.807, 2.05) is 38.4 Å². The average molecular weight is 312 g/mol. The van der Waals surface area contributed by atoms with Crippen molar-refractivity contribution in [1.82, 2.24) is 9.62 Å². The summed E-state index contributed by atoms with van der Waals surface area (Å²) in [7, 11) is 2.09. The zero-order valence-electron chi connectivity index (χ0n) is 12.8. The lowest BCUT2D eigenvalue weighted by atomic mass is 9.97. The Bertz CT molecular complexity index is 570. The summed E-state index contributed by atoms with van der Waals surface area (Å²) in [6.07, 6.45) is 3.24. The molecule has 3 N–H and O–H groups in total. The van der Waals surface area contributed by atoms with Gasteiger partial charge >= 0.3 is 0 Å². The van der Waals surface area contributed by atoms with Crippen molar-refractivity contribution in [3.05, 3.63) is 35.4 Å². The predicted molar refractivity (Wildman–Crippen MR) is 86.5 cm³/mol. The summed E-state index contributed by atoms with van der Waals surface area (Å²) in [6.45, 7) is 0. The minimum atomic E-state index is -3.29. The molecule has 1 atom stereocenters. The molecule has 0 bridgehead atoms. The third-order valence-electron chi connectivity index (χ3n) is 3.37. The lowest BCUT2D eigenvalue weighted by molar-refractivity contribution is 0.286. The Morgan fingerprint density at radius 2 is 2.05 bits per heavy atom. The average Bonchev–Trinajstić information content (AvgIpc) is 2.44. The van der Waals surface area contributed by atoms with Crippen molar-refractivity contribution < 1.29 is 8.42 Å². The van der Waals surface area contributed by atoms with Crippen LogP contribution >= 0.6 is 0 Å². The molecule has 0 aromatic heterocycles. The van der Waals surface area contributed by atoms with Gasteiger partial charge in [0.1, 0.15) is 0 Å². The third kappa shape index (κ3) is 5.45. The number of hydrazone groups is 1. The van der Waals surface area contributed by atoms with Gasteiger partial charge in [-0.1, -0.05) is 24.3 Å².